The number of ether oxygens (including phenoxy) is 2. The maximum Gasteiger partial charge on any atom is 0.407 e. The van der Waals surface area contributed by atoms with Crippen LogP contribution in [0.4, 0.5) is 4.79 Å². The molecule has 3 atom stereocenters. The normalized spacial score (nSPS) is 19.7. The van der Waals surface area contributed by atoms with Crippen LogP contribution in [-0.4, -0.2) is 55.5 Å². The van der Waals surface area contributed by atoms with Crippen LogP contribution in [-0.2, 0) is 19.1 Å². The molecule has 0 aromatic heterocycles. The van der Waals surface area contributed by atoms with E-state index >= 15 is 0 Å². The second-order valence-electron chi connectivity index (χ2n) is 8.87. The van der Waals surface area contributed by atoms with Crippen LogP contribution in [0.5, 0.6) is 0 Å². The highest BCUT2D eigenvalue weighted by Crippen LogP contribution is 2.44. The molecule has 0 spiro atoms. The lowest BCUT2D eigenvalue weighted by Crippen LogP contribution is -2.39. The molecule has 1 saturated heterocycles. The Hall–Kier alpha value is -3.39. The average molecular weight is 467 g/mol. The largest absolute Gasteiger partial charge is 0.479 e. The zero-order valence-electron chi connectivity index (χ0n) is 19.2. The lowest BCUT2D eigenvalue weighted by Gasteiger charge is -2.18. The van der Waals surface area contributed by atoms with Crippen LogP contribution < -0.4 is 10.6 Å². The van der Waals surface area contributed by atoms with Crippen molar-refractivity contribution in [2.24, 2.45) is 11.8 Å². The Morgan fingerprint density at radius 1 is 1.06 bits per heavy atom. The maximum absolute atomic E-state index is 12.3. The number of nitrogens with one attached hydrogen (secondary N) is 2. The second-order valence-corrected chi connectivity index (χ2v) is 8.87. The van der Waals surface area contributed by atoms with Gasteiger partial charge < -0.3 is 25.2 Å². The smallest absolute Gasteiger partial charge is 0.407 e. The number of alkyl carbamates (subject to hydrolysis) is 1. The van der Waals surface area contributed by atoms with E-state index in [1.54, 1.807) is 6.92 Å². The molecule has 1 aliphatic heterocycles. The Morgan fingerprint density at radius 3 is 2.35 bits per heavy atom. The molecule has 0 radical (unpaired) electrons. The highest BCUT2D eigenvalue weighted by Gasteiger charge is 2.34. The van der Waals surface area contributed by atoms with E-state index in [1.807, 2.05) is 24.3 Å². The van der Waals surface area contributed by atoms with Gasteiger partial charge in [-0.25, -0.2) is 9.59 Å². The van der Waals surface area contributed by atoms with Crippen molar-refractivity contribution in [3.8, 4) is 11.1 Å². The molecule has 2 aliphatic rings. The summed E-state index contributed by atoms with van der Waals surface area (Å²) in [7, 11) is 0. The highest BCUT2D eigenvalue weighted by atomic mass is 16.5. The number of fused-ring (bicyclic) bond motifs is 3. The first-order chi connectivity index (χ1) is 16.5. The molecule has 1 heterocycles. The summed E-state index contributed by atoms with van der Waals surface area (Å²) in [6.45, 7) is 2.96. The summed E-state index contributed by atoms with van der Waals surface area (Å²) in [6, 6.07) is 16.3. The number of benzene rings is 2. The van der Waals surface area contributed by atoms with E-state index < -0.39 is 18.2 Å². The molecule has 34 heavy (non-hydrogen) atoms. The van der Waals surface area contributed by atoms with Crippen LogP contribution in [0.25, 0.3) is 11.1 Å². The van der Waals surface area contributed by atoms with Crippen LogP contribution in [0.15, 0.2) is 48.5 Å². The van der Waals surface area contributed by atoms with Crippen molar-refractivity contribution in [3.05, 3.63) is 59.7 Å². The maximum atomic E-state index is 12.3. The minimum atomic E-state index is -1.00. The summed E-state index contributed by atoms with van der Waals surface area (Å²) in [5, 5.41) is 14.7. The van der Waals surface area contributed by atoms with Gasteiger partial charge in [0.25, 0.3) is 0 Å². The van der Waals surface area contributed by atoms with Gasteiger partial charge >= 0.3 is 12.1 Å². The van der Waals surface area contributed by atoms with Gasteiger partial charge in [0.1, 0.15) is 6.61 Å². The van der Waals surface area contributed by atoms with E-state index in [4.69, 9.17) is 14.6 Å². The van der Waals surface area contributed by atoms with Gasteiger partial charge in [-0.3, -0.25) is 4.79 Å². The Kier molecular flexibility index (Phi) is 7.47. The van der Waals surface area contributed by atoms with Crippen LogP contribution in [0.2, 0.25) is 0 Å². The van der Waals surface area contributed by atoms with Gasteiger partial charge in [-0.15, -0.1) is 0 Å². The summed E-state index contributed by atoms with van der Waals surface area (Å²) in [4.78, 5) is 35.8. The Morgan fingerprint density at radius 2 is 1.71 bits per heavy atom. The zero-order valence-corrected chi connectivity index (χ0v) is 19.2. The summed E-state index contributed by atoms with van der Waals surface area (Å²) in [6.07, 6.45) is -0.332. The van der Waals surface area contributed by atoms with E-state index in [0.29, 0.717) is 26.0 Å². The fourth-order valence-corrected chi connectivity index (χ4v) is 4.69. The predicted octanol–water partition coefficient (Wildman–Crippen LogP) is 3.16. The van der Waals surface area contributed by atoms with Gasteiger partial charge in [-0.2, -0.15) is 0 Å². The standard InChI is InChI=1S/C26H30N2O6/c1-16(24(29)28-14-17-11-13-33-23(17)25(30)31)10-12-27-26(32)34-15-22-20-8-4-2-6-18(20)19-7-3-5-9-21(19)22/h2-9,16-17,22-23H,10-15H2,1H3,(H,27,32)(H,28,29)(H,30,31)/t16?,17-,23-/m1/s1. The third-order valence-corrected chi connectivity index (χ3v) is 6.63. The Bertz CT molecular complexity index is 1010. The van der Waals surface area contributed by atoms with E-state index in [2.05, 4.69) is 34.9 Å². The first-order valence-corrected chi connectivity index (χ1v) is 11.7. The lowest BCUT2D eigenvalue weighted by atomic mass is 9.98. The number of hydrogen-bond acceptors (Lipinski definition) is 5. The molecule has 2 aromatic rings. The molecular weight excluding hydrogens is 436 g/mol. The summed E-state index contributed by atoms with van der Waals surface area (Å²) >= 11 is 0. The molecule has 4 rings (SSSR count). The number of carboxylic acids is 1. The fourth-order valence-electron chi connectivity index (χ4n) is 4.69. The molecule has 3 N–H and O–H groups in total. The van der Waals surface area contributed by atoms with Crippen molar-refractivity contribution >= 4 is 18.0 Å². The first-order valence-electron chi connectivity index (χ1n) is 11.7. The molecule has 1 fully saturated rings. The second kappa shape index (κ2) is 10.7. The van der Waals surface area contributed by atoms with E-state index in [9.17, 15) is 14.4 Å². The third kappa shape index (κ3) is 5.22. The SMILES string of the molecule is CC(CCNC(=O)OCC1c2ccccc2-c2ccccc21)C(=O)NC[C@H]1CCO[C@H]1C(=O)O. The van der Waals surface area contributed by atoms with Crippen molar-refractivity contribution in [3.63, 3.8) is 0 Å². The number of hydrogen-bond donors (Lipinski definition) is 3. The number of amides is 2. The van der Waals surface area contributed by atoms with E-state index in [-0.39, 0.29) is 36.8 Å². The monoisotopic (exact) mass is 466 g/mol. The first kappa shape index (κ1) is 23.8. The molecule has 0 saturated carbocycles. The molecule has 2 amide bonds. The van der Waals surface area contributed by atoms with Crippen LogP contribution in [0, 0.1) is 11.8 Å². The molecular formula is C26H30N2O6. The molecule has 1 aliphatic carbocycles. The van der Waals surface area contributed by atoms with Crippen LogP contribution in [0.1, 0.15) is 36.8 Å². The fraction of sp³-hybridized carbons (Fsp3) is 0.423. The van der Waals surface area contributed by atoms with Gasteiger partial charge in [0.15, 0.2) is 6.10 Å². The summed E-state index contributed by atoms with van der Waals surface area (Å²) < 4.78 is 10.7. The van der Waals surface area contributed by atoms with Crippen LogP contribution >= 0.6 is 0 Å². The summed E-state index contributed by atoms with van der Waals surface area (Å²) in [5.74, 6) is -1.74. The lowest BCUT2D eigenvalue weighted by molar-refractivity contribution is -0.149. The van der Waals surface area contributed by atoms with Crippen molar-refractivity contribution in [1.29, 1.82) is 0 Å². The van der Waals surface area contributed by atoms with Crippen molar-refractivity contribution in [2.45, 2.75) is 31.8 Å². The van der Waals surface area contributed by atoms with Gasteiger partial charge in [-0.1, -0.05) is 55.5 Å². The number of carbonyl (C=O) groups is 3. The minimum Gasteiger partial charge on any atom is -0.479 e. The minimum absolute atomic E-state index is 0.00273. The highest BCUT2D eigenvalue weighted by molar-refractivity contribution is 5.79. The van der Waals surface area contributed by atoms with E-state index in [0.717, 1.165) is 11.1 Å². The molecule has 1 unspecified atom stereocenters. The number of carboxylic acid groups (broad SMARTS) is 1. The third-order valence-electron chi connectivity index (χ3n) is 6.63. The number of aliphatic carboxylic acids is 1. The van der Waals surface area contributed by atoms with Crippen molar-refractivity contribution in [2.75, 3.05) is 26.3 Å². The van der Waals surface area contributed by atoms with Crippen molar-refractivity contribution in [1.82, 2.24) is 10.6 Å². The van der Waals surface area contributed by atoms with Crippen molar-refractivity contribution < 1.29 is 29.0 Å². The molecule has 2 aromatic carbocycles. The van der Waals surface area contributed by atoms with Gasteiger partial charge in [0.2, 0.25) is 5.91 Å². The summed E-state index contributed by atoms with van der Waals surface area (Å²) in [5.41, 5.74) is 4.65. The Labute approximate surface area is 198 Å². The number of rotatable bonds is 9. The van der Waals surface area contributed by atoms with Gasteiger partial charge in [0, 0.05) is 37.5 Å². The van der Waals surface area contributed by atoms with Gasteiger partial charge in [-0.05, 0) is 35.1 Å². The quantitative estimate of drug-likeness (QED) is 0.523. The molecule has 8 heteroatoms. The molecule has 0 bridgehead atoms. The molecule has 8 nitrogen and oxygen atoms in total. The zero-order chi connectivity index (χ0) is 24.1. The van der Waals surface area contributed by atoms with Crippen LogP contribution in [0.3, 0.4) is 0 Å². The van der Waals surface area contributed by atoms with Gasteiger partial charge in [0.05, 0.1) is 0 Å². The van der Waals surface area contributed by atoms with E-state index in [1.165, 1.54) is 11.1 Å². The Balaban J connectivity index is 1.19. The topological polar surface area (TPSA) is 114 Å². The number of carbonyl (C=O) groups excluding carboxylic acids is 2. The molecule has 180 valence electrons. The predicted molar refractivity (Wildman–Crippen MR) is 125 cm³/mol. The average Bonchev–Trinajstić information content (AvgIpc) is 3.44.